The third kappa shape index (κ3) is 6.34. The maximum absolute atomic E-state index is 13.4. The minimum absolute atomic E-state index is 0.0743. The smallest absolute Gasteiger partial charge is 0.328 e. The molecule has 6 atom stereocenters. The van der Waals surface area contributed by atoms with E-state index in [0.29, 0.717) is 17.8 Å². The molecule has 0 spiro atoms. The number of hydrogen-bond acceptors (Lipinski definition) is 6. The van der Waals surface area contributed by atoms with E-state index in [4.69, 9.17) is 14.3 Å². The van der Waals surface area contributed by atoms with Crippen molar-refractivity contribution in [1.82, 2.24) is 4.90 Å². The summed E-state index contributed by atoms with van der Waals surface area (Å²) in [6, 6.07) is 11.4. The highest BCUT2D eigenvalue weighted by molar-refractivity contribution is 7.89. The van der Waals surface area contributed by atoms with Crippen LogP contribution in [0, 0.1) is 17.3 Å². The van der Waals surface area contributed by atoms with Crippen molar-refractivity contribution in [2.75, 3.05) is 7.05 Å². The Hall–Kier alpha value is -2.69. The molecule has 2 aromatic carbocycles. The molecule has 0 aliphatic heterocycles. The average Bonchev–Trinajstić information content (AvgIpc) is 3.30. The maximum atomic E-state index is 13.4. The van der Waals surface area contributed by atoms with E-state index in [0.717, 1.165) is 44.3 Å². The van der Waals surface area contributed by atoms with Crippen LogP contribution in [0.3, 0.4) is 0 Å². The van der Waals surface area contributed by atoms with E-state index in [9.17, 15) is 18.0 Å². The lowest BCUT2D eigenvalue weighted by molar-refractivity contribution is -0.162. The number of rotatable bonds is 7. The third-order valence-corrected chi connectivity index (χ3v) is 17.0. The first-order chi connectivity index (χ1) is 20.8. The van der Waals surface area contributed by atoms with Crippen LogP contribution in [0.25, 0.3) is 0 Å². The molecular weight excluding hydrogens is 605 g/mol. The SMILES string of the molecule is CC(C(=O)OC1CCC2C3CCc4cc(O[Si](C)(C)C(C)(C)C)ccc4C3CCC12C)N(C)C(=O)c1ccc(S(N)(=O)=O)cc1. The van der Waals surface area contributed by atoms with Gasteiger partial charge in [0.05, 0.1) is 4.90 Å². The van der Waals surface area contributed by atoms with Crippen LogP contribution in [0.5, 0.6) is 5.75 Å². The number of amides is 1. The second kappa shape index (κ2) is 11.8. The number of nitrogens with two attached hydrogens (primary N) is 1. The van der Waals surface area contributed by atoms with Gasteiger partial charge in [-0.15, -0.1) is 0 Å². The number of esters is 1. The van der Waals surface area contributed by atoms with Crippen molar-refractivity contribution in [3.05, 3.63) is 59.2 Å². The van der Waals surface area contributed by atoms with Gasteiger partial charge in [-0.25, -0.2) is 18.4 Å². The highest BCUT2D eigenvalue weighted by atomic mass is 32.2. The van der Waals surface area contributed by atoms with Gasteiger partial charge in [0, 0.05) is 18.0 Å². The van der Waals surface area contributed by atoms with Gasteiger partial charge in [-0.3, -0.25) is 4.79 Å². The Labute approximate surface area is 270 Å². The normalized spacial score (nSPS) is 27.0. The molecule has 0 bridgehead atoms. The maximum Gasteiger partial charge on any atom is 0.328 e. The molecule has 0 heterocycles. The number of likely N-dealkylation sites (N-methyl/N-ethyl adjacent to an activating group) is 1. The zero-order valence-corrected chi connectivity index (χ0v) is 29.9. The zero-order chi connectivity index (χ0) is 33.1. The molecule has 3 aliphatic rings. The molecule has 0 saturated heterocycles. The molecule has 2 saturated carbocycles. The number of ether oxygens (including phenoxy) is 1. The Morgan fingerprint density at radius 3 is 2.33 bits per heavy atom. The second-order valence-electron chi connectivity index (χ2n) is 15.3. The lowest BCUT2D eigenvalue weighted by Crippen LogP contribution is -2.47. The summed E-state index contributed by atoms with van der Waals surface area (Å²) in [5, 5.41) is 5.32. The molecule has 45 heavy (non-hydrogen) atoms. The molecular formula is C35H50N2O6SSi. The summed E-state index contributed by atoms with van der Waals surface area (Å²) in [4.78, 5) is 27.8. The number of aryl methyl sites for hydroxylation is 1. The molecule has 0 aromatic heterocycles. The molecule has 2 fully saturated rings. The Balaban J connectivity index is 1.24. The van der Waals surface area contributed by atoms with Gasteiger partial charge in [0.2, 0.25) is 18.3 Å². The minimum atomic E-state index is -3.86. The van der Waals surface area contributed by atoms with Crippen LogP contribution < -0.4 is 9.56 Å². The molecule has 2 aromatic rings. The largest absolute Gasteiger partial charge is 0.543 e. The van der Waals surface area contributed by atoms with Crippen molar-refractivity contribution in [2.45, 2.75) is 114 Å². The lowest BCUT2D eigenvalue weighted by Gasteiger charge is -2.50. The molecule has 1 amide bonds. The molecule has 8 nitrogen and oxygen atoms in total. The first-order valence-corrected chi connectivity index (χ1v) is 20.7. The fraction of sp³-hybridized carbons (Fsp3) is 0.600. The summed E-state index contributed by atoms with van der Waals surface area (Å²) in [6.45, 7) is 15.4. The number of sulfonamides is 1. The van der Waals surface area contributed by atoms with E-state index in [1.54, 1.807) is 14.0 Å². The van der Waals surface area contributed by atoms with E-state index in [1.165, 1.54) is 40.3 Å². The van der Waals surface area contributed by atoms with Crippen LogP contribution in [-0.2, 0) is 26.0 Å². The summed E-state index contributed by atoms with van der Waals surface area (Å²) in [5.41, 5.74) is 3.08. The van der Waals surface area contributed by atoms with Crippen molar-refractivity contribution in [1.29, 1.82) is 0 Å². The first-order valence-electron chi connectivity index (χ1n) is 16.3. The Morgan fingerprint density at radius 2 is 1.71 bits per heavy atom. The molecule has 0 radical (unpaired) electrons. The Bertz CT molecular complexity index is 1570. The number of fused-ring (bicyclic) bond motifs is 5. The van der Waals surface area contributed by atoms with Crippen molar-refractivity contribution in [2.24, 2.45) is 22.4 Å². The topological polar surface area (TPSA) is 116 Å². The van der Waals surface area contributed by atoms with Crippen LogP contribution >= 0.6 is 0 Å². The third-order valence-electron chi connectivity index (χ3n) is 11.7. The predicted molar refractivity (Wildman–Crippen MR) is 178 cm³/mol. The fourth-order valence-corrected chi connectivity index (χ4v) is 9.32. The first kappa shape index (κ1) is 33.7. The minimum Gasteiger partial charge on any atom is -0.543 e. The number of nitrogens with zero attached hydrogens (tertiary/aromatic N) is 1. The van der Waals surface area contributed by atoms with Crippen LogP contribution in [0.1, 0.15) is 94.1 Å². The quantitative estimate of drug-likeness (QED) is 0.264. The van der Waals surface area contributed by atoms with Gasteiger partial charge in [0.15, 0.2) is 0 Å². The van der Waals surface area contributed by atoms with Crippen LogP contribution in [-0.4, -0.2) is 52.7 Å². The van der Waals surface area contributed by atoms with Crippen LogP contribution in [0.4, 0.5) is 0 Å². The zero-order valence-electron chi connectivity index (χ0n) is 28.1. The number of carbonyl (C=O) groups excluding carboxylic acids is 2. The summed E-state index contributed by atoms with van der Waals surface area (Å²) in [5.74, 6) is 1.77. The molecule has 5 rings (SSSR count). The van der Waals surface area contributed by atoms with Crippen molar-refractivity contribution in [3.63, 3.8) is 0 Å². The van der Waals surface area contributed by atoms with Crippen molar-refractivity contribution < 1.29 is 27.2 Å². The molecule has 2 N–H and O–H groups in total. The van der Waals surface area contributed by atoms with Crippen molar-refractivity contribution in [3.8, 4) is 5.75 Å². The van der Waals surface area contributed by atoms with Crippen LogP contribution in [0.15, 0.2) is 47.4 Å². The van der Waals surface area contributed by atoms with E-state index < -0.39 is 36.3 Å². The second-order valence-corrected chi connectivity index (χ2v) is 21.6. The van der Waals surface area contributed by atoms with Gasteiger partial charge in [-0.1, -0.05) is 33.8 Å². The van der Waals surface area contributed by atoms with Gasteiger partial charge in [-0.2, -0.15) is 0 Å². The van der Waals surface area contributed by atoms with Gasteiger partial charge in [-0.05, 0) is 129 Å². The molecule has 6 unspecified atom stereocenters. The Morgan fingerprint density at radius 1 is 1.04 bits per heavy atom. The van der Waals surface area contributed by atoms with Gasteiger partial charge in [0.1, 0.15) is 17.9 Å². The standard InChI is InChI=1S/C35H50N2O6SSi/c1-22(37(6)32(38)23-9-13-26(14-10-23)44(36,40)41)33(39)42-31-18-17-30-29-15-11-24-21-25(43-45(7,8)34(2,3)4)12-16-27(24)28(29)19-20-35(30,31)5/h9-10,12-14,16,21-22,28-31H,11,15,17-20H2,1-8H3,(H2,36,40,41). The number of primary sulfonamides is 1. The van der Waals surface area contributed by atoms with Gasteiger partial charge >= 0.3 is 5.97 Å². The summed E-state index contributed by atoms with van der Waals surface area (Å²) in [6.07, 6.45) is 5.95. The Kier molecular flexibility index (Phi) is 8.85. The highest BCUT2D eigenvalue weighted by Crippen LogP contribution is 2.61. The highest BCUT2D eigenvalue weighted by Gasteiger charge is 2.56. The summed E-state index contributed by atoms with van der Waals surface area (Å²) >= 11 is 0. The summed E-state index contributed by atoms with van der Waals surface area (Å²) < 4.78 is 36.0. The monoisotopic (exact) mass is 654 g/mol. The van der Waals surface area contributed by atoms with E-state index >= 15 is 0 Å². The molecule has 3 aliphatic carbocycles. The van der Waals surface area contributed by atoms with Gasteiger partial charge < -0.3 is 14.1 Å². The van der Waals surface area contributed by atoms with E-state index in [2.05, 4.69) is 59.0 Å². The van der Waals surface area contributed by atoms with E-state index in [1.807, 2.05) is 0 Å². The molecule has 10 heteroatoms. The summed E-state index contributed by atoms with van der Waals surface area (Å²) in [7, 11) is -4.21. The van der Waals surface area contributed by atoms with Crippen molar-refractivity contribution >= 4 is 30.2 Å². The average molecular weight is 655 g/mol. The van der Waals surface area contributed by atoms with E-state index in [-0.39, 0.29) is 27.0 Å². The number of carbonyl (C=O) groups is 2. The van der Waals surface area contributed by atoms with Crippen LogP contribution in [0.2, 0.25) is 18.1 Å². The number of hydrogen-bond donors (Lipinski definition) is 1. The fourth-order valence-electron chi connectivity index (χ4n) is 7.78. The van der Waals surface area contributed by atoms with Gasteiger partial charge in [0.25, 0.3) is 5.91 Å². The molecule has 246 valence electrons. The number of benzene rings is 2. The predicted octanol–water partition coefficient (Wildman–Crippen LogP) is 6.65. The lowest BCUT2D eigenvalue weighted by atomic mass is 9.55.